The molecular weight excluding hydrogens is 349 g/mol. The Kier molecular flexibility index (Phi) is 5.78. The van der Waals surface area contributed by atoms with E-state index in [9.17, 15) is 14.0 Å². The van der Waals surface area contributed by atoms with Crippen molar-refractivity contribution < 1.29 is 18.7 Å². The molecule has 0 spiro atoms. The highest BCUT2D eigenvalue weighted by molar-refractivity contribution is 5.81. The molecule has 1 aromatic heterocycles. The SMILES string of the molecule is COc1ccc(CC(=O)N2CCN(C(=O)Cc3ccn(C)c3)CC2)cc1F. The molecule has 0 radical (unpaired) electrons. The van der Waals surface area contributed by atoms with Gasteiger partial charge in [0, 0.05) is 45.6 Å². The average molecular weight is 373 g/mol. The summed E-state index contributed by atoms with van der Waals surface area (Å²) in [6, 6.07) is 6.49. The molecule has 3 rings (SSSR count). The molecule has 27 heavy (non-hydrogen) atoms. The molecule has 144 valence electrons. The smallest absolute Gasteiger partial charge is 0.227 e. The first-order chi connectivity index (χ1) is 13.0. The normalized spacial score (nSPS) is 14.3. The number of hydrogen-bond acceptors (Lipinski definition) is 3. The van der Waals surface area contributed by atoms with E-state index in [0.717, 1.165) is 5.56 Å². The van der Waals surface area contributed by atoms with E-state index in [1.165, 1.54) is 19.2 Å². The highest BCUT2D eigenvalue weighted by atomic mass is 19.1. The lowest BCUT2D eigenvalue weighted by molar-refractivity contribution is -0.138. The van der Waals surface area contributed by atoms with Gasteiger partial charge in [0.1, 0.15) is 0 Å². The van der Waals surface area contributed by atoms with Gasteiger partial charge in [-0.2, -0.15) is 0 Å². The maximum absolute atomic E-state index is 13.8. The number of piperazine rings is 1. The molecule has 2 amide bonds. The Labute approximate surface area is 158 Å². The summed E-state index contributed by atoms with van der Waals surface area (Å²) in [5, 5.41) is 0. The van der Waals surface area contributed by atoms with Crippen molar-refractivity contribution in [3.05, 3.63) is 53.6 Å². The molecule has 2 heterocycles. The average Bonchev–Trinajstić information content (AvgIpc) is 3.06. The van der Waals surface area contributed by atoms with Gasteiger partial charge in [0.25, 0.3) is 0 Å². The van der Waals surface area contributed by atoms with E-state index < -0.39 is 5.82 Å². The predicted octanol–water partition coefficient (Wildman–Crippen LogP) is 1.63. The van der Waals surface area contributed by atoms with Crippen molar-refractivity contribution in [2.24, 2.45) is 7.05 Å². The Morgan fingerprint density at radius 1 is 1.00 bits per heavy atom. The number of aromatic nitrogens is 1. The van der Waals surface area contributed by atoms with Gasteiger partial charge in [-0.15, -0.1) is 0 Å². The van der Waals surface area contributed by atoms with Crippen LogP contribution in [0.4, 0.5) is 4.39 Å². The van der Waals surface area contributed by atoms with Crippen molar-refractivity contribution in [3.8, 4) is 5.75 Å². The quantitative estimate of drug-likeness (QED) is 0.801. The predicted molar refractivity (Wildman–Crippen MR) is 98.9 cm³/mol. The van der Waals surface area contributed by atoms with Crippen molar-refractivity contribution in [1.29, 1.82) is 0 Å². The third-order valence-corrected chi connectivity index (χ3v) is 4.81. The van der Waals surface area contributed by atoms with Gasteiger partial charge in [0.2, 0.25) is 11.8 Å². The topological polar surface area (TPSA) is 54.8 Å². The van der Waals surface area contributed by atoms with E-state index >= 15 is 0 Å². The second kappa shape index (κ2) is 8.24. The molecule has 7 heteroatoms. The van der Waals surface area contributed by atoms with E-state index in [2.05, 4.69) is 0 Å². The summed E-state index contributed by atoms with van der Waals surface area (Å²) in [7, 11) is 3.33. The van der Waals surface area contributed by atoms with Crippen LogP contribution in [-0.4, -0.2) is 59.5 Å². The number of amides is 2. The molecule has 0 aliphatic carbocycles. The molecule has 6 nitrogen and oxygen atoms in total. The standard InChI is InChI=1S/C20H24FN3O3/c1-22-6-5-16(14-22)13-20(26)24-9-7-23(8-10-24)19(25)12-15-3-4-18(27-2)17(21)11-15/h3-6,11,14H,7-10,12-13H2,1-2H3. The number of ether oxygens (including phenoxy) is 1. The van der Waals surface area contributed by atoms with Crippen molar-refractivity contribution in [1.82, 2.24) is 14.4 Å². The zero-order valence-corrected chi connectivity index (χ0v) is 15.7. The molecule has 0 unspecified atom stereocenters. The molecule has 0 bridgehead atoms. The number of aryl methyl sites for hydroxylation is 1. The lowest BCUT2D eigenvalue weighted by Crippen LogP contribution is -2.51. The Hall–Kier alpha value is -2.83. The summed E-state index contributed by atoms with van der Waals surface area (Å²) in [6.07, 6.45) is 4.37. The number of carbonyl (C=O) groups is 2. The lowest BCUT2D eigenvalue weighted by Gasteiger charge is -2.35. The van der Waals surface area contributed by atoms with Crippen LogP contribution in [0.25, 0.3) is 0 Å². The minimum Gasteiger partial charge on any atom is -0.494 e. The zero-order chi connectivity index (χ0) is 19.4. The van der Waals surface area contributed by atoms with E-state index in [4.69, 9.17) is 4.74 Å². The van der Waals surface area contributed by atoms with E-state index in [0.29, 0.717) is 38.2 Å². The Bertz CT molecular complexity index is 826. The maximum atomic E-state index is 13.8. The Morgan fingerprint density at radius 3 is 2.07 bits per heavy atom. The third-order valence-electron chi connectivity index (χ3n) is 4.81. The van der Waals surface area contributed by atoms with Crippen LogP contribution in [0, 0.1) is 5.82 Å². The van der Waals surface area contributed by atoms with Crippen molar-refractivity contribution >= 4 is 11.8 Å². The zero-order valence-electron chi connectivity index (χ0n) is 15.7. The number of benzene rings is 1. The minimum atomic E-state index is -0.473. The molecular formula is C20H24FN3O3. The second-order valence-corrected chi connectivity index (χ2v) is 6.77. The molecule has 1 aromatic carbocycles. The molecule has 1 aliphatic heterocycles. The summed E-state index contributed by atoms with van der Waals surface area (Å²) in [4.78, 5) is 28.4. The number of nitrogens with zero attached hydrogens (tertiary/aromatic N) is 3. The number of halogens is 1. The van der Waals surface area contributed by atoms with Crippen LogP contribution in [0.5, 0.6) is 5.75 Å². The fraction of sp³-hybridized carbons (Fsp3) is 0.400. The van der Waals surface area contributed by atoms with Gasteiger partial charge in [0.05, 0.1) is 20.0 Å². The molecule has 0 atom stereocenters. The lowest BCUT2D eigenvalue weighted by atomic mass is 10.1. The van der Waals surface area contributed by atoms with Gasteiger partial charge in [0.15, 0.2) is 11.6 Å². The fourth-order valence-corrected chi connectivity index (χ4v) is 3.26. The highest BCUT2D eigenvalue weighted by Gasteiger charge is 2.24. The molecule has 0 N–H and O–H groups in total. The van der Waals surface area contributed by atoms with Gasteiger partial charge in [-0.05, 0) is 29.3 Å². The van der Waals surface area contributed by atoms with E-state index in [1.807, 2.05) is 30.1 Å². The van der Waals surface area contributed by atoms with Gasteiger partial charge in [-0.3, -0.25) is 9.59 Å². The highest BCUT2D eigenvalue weighted by Crippen LogP contribution is 2.18. The first-order valence-electron chi connectivity index (χ1n) is 8.95. The molecule has 0 saturated carbocycles. The third kappa shape index (κ3) is 4.67. The molecule has 1 aliphatic rings. The summed E-state index contributed by atoms with van der Waals surface area (Å²) >= 11 is 0. The van der Waals surface area contributed by atoms with Crippen molar-refractivity contribution in [2.45, 2.75) is 12.8 Å². The van der Waals surface area contributed by atoms with Crippen LogP contribution in [0.1, 0.15) is 11.1 Å². The fourth-order valence-electron chi connectivity index (χ4n) is 3.26. The van der Waals surface area contributed by atoms with Crippen LogP contribution in [-0.2, 0) is 29.5 Å². The number of rotatable bonds is 5. The summed E-state index contributed by atoms with van der Waals surface area (Å²) in [6.45, 7) is 2.04. The summed E-state index contributed by atoms with van der Waals surface area (Å²) < 4.78 is 20.6. The molecule has 1 fully saturated rings. The van der Waals surface area contributed by atoms with Gasteiger partial charge in [-0.25, -0.2) is 4.39 Å². The van der Waals surface area contributed by atoms with Crippen LogP contribution >= 0.6 is 0 Å². The van der Waals surface area contributed by atoms with Crippen LogP contribution < -0.4 is 4.74 Å². The largest absolute Gasteiger partial charge is 0.494 e. The number of carbonyl (C=O) groups excluding carboxylic acids is 2. The summed E-state index contributed by atoms with van der Waals surface area (Å²) in [5.41, 5.74) is 1.60. The second-order valence-electron chi connectivity index (χ2n) is 6.77. The number of methoxy groups -OCH3 is 1. The first kappa shape index (κ1) is 18.9. The van der Waals surface area contributed by atoms with Crippen LogP contribution in [0.15, 0.2) is 36.7 Å². The van der Waals surface area contributed by atoms with Crippen LogP contribution in [0.2, 0.25) is 0 Å². The van der Waals surface area contributed by atoms with E-state index in [1.54, 1.807) is 15.9 Å². The maximum Gasteiger partial charge on any atom is 0.227 e. The first-order valence-corrected chi connectivity index (χ1v) is 8.95. The Balaban J connectivity index is 1.50. The van der Waals surface area contributed by atoms with Gasteiger partial charge in [-0.1, -0.05) is 6.07 Å². The molecule has 1 saturated heterocycles. The van der Waals surface area contributed by atoms with Gasteiger partial charge >= 0.3 is 0 Å². The Morgan fingerprint density at radius 2 is 1.59 bits per heavy atom. The van der Waals surface area contributed by atoms with Crippen molar-refractivity contribution in [2.75, 3.05) is 33.3 Å². The monoisotopic (exact) mass is 373 g/mol. The minimum absolute atomic E-state index is 0.0604. The molecule has 2 aromatic rings. The van der Waals surface area contributed by atoms with Crippen molar-refractivity contribution in [3.63, 3.8) is 0 Å². The number of hydrogen-bond donors (Lipinski definition) is 0. The summed E-state index contributed by atoms with van der Waals surface area (Å²) in [5.74, 6) is -0.295. The van der Waals surface area contributed by atoms with E-state index in [-0.39, 0.29) is 24.0 Å². The van der Waals surface area contributed by atoms with Gasteiger partial charge < -0.3 is 19.1 Å². The van der Waals surface area contributed by atoms with Crippen LogP contribution in [0.3, 0.4) is 0 Å².